The van der Waals surface area contributed by atoms with Crippen molar-refractivity contribution in [3.63, 3.8) is 0 Å². The van der Waals surface area contributed by atoms with Gasteiger partial charge in [-0.25, -0.2) is 4.39 Å². The van der Waals surface area contributed by atoms with Gasteiger partial charge in [0.1, 0.15) is 17.3 Å². The van der Waals surface area contributed by atoms with Crippen LogP contribution in [0, 0.1) is 12.7 Å². The topological polar surface area (TPSA) is 38.3 Å². The number of carbonyl (C=O) groups is 1. The van der Waals surface area contributed by atoms with Crippen molar-refractivity contribution < 1.29 is 13.9 Å². The molecule has 0 saturated heterocycles. The first kappa shape index (κ1) is 17.0. The minimum Gasteiger partial charge on any atom is -0.457 e. The Morgan fingerprint density at radius 2 is 1.72 bits per heavy atom. The lowest BCUT2D eigenvalue weighted by atomic mass is 10.2. The van der Waals surface area contributed by atoms with Crippen molar-refractivity contribution in [2.75, 3.05) is 5.32 Å². The Morgan fingerprint density at radius 1 is 1.00 bits per heavy atom. The first-order chi connectivity index (χ1) is 12.0. The SMILES string of the molecule is Cc1cccc(Oc2ccc(NC(=O)c3c(F)cccc3Cl)cc2)c1. The largest absolute Gasteiger partial charge is 0.457 e. The van der Waals surface area contributed by atoms with E-state index in [0.717, 1.165) is 11.3 Å². The molecule has 3 rings (SSSR count). The zero-order valence-electron chi connectivity index (χ0n) is 13.4. The highest BCUT2D eigenvalue weighted by Gasteiger charge is 2.15. The van der Waals surface area contributed by atoms with Crippen LogP contribution >= 0.6 is 11.6 Å². The fourth-order valence-electron chi connectivity index (χ4n) is 2.33. The fraction of sp³-hybridized carbons (Fsp3) is 0.0500. The van der Waals surface area contributed by atoms with Crippen LogP contribution in [-0.4, -0.2) is 5.91 Å². The average Bonchev–Trinajstić information content (AvgIpc) is 2.56. The van der Waals surface area contributed by atoms with Crippen LogP contribution in [-0.2, 0) is 0 Å². The van der Waals surface area contributed by atoms with E-state index in [1.54, 1.807) is 24.3 Å². The number of aryl methyl sites for hydroxylation is 1. The van der Waals surface area contributed by atoms with Gasteiger partial charge in [-0.3, -0.25) is 4.79 Å². The third-order valence-corrected chi connectivity index (χ3v) is 3.84. The minimum absolute atomic E-state index is 0.0666. The molecule has 0 heterocycles. The van der Waals surface area contributed by atoms with Gasteiger partial charge < -0.3 is 10.1 Å². The van der Waals surface area contributed by atoms with Crippen molar-refractivity contribution in [3.8, 4) is 11.5 Å². The summed E-state index contributed by atoms with van der Waals surface area (Å²) < 4.78 is 19.5. The number of rotatable bonds is 4. The number of halogens is 2. The molecule has 0 atom stereocenters. The molecule has 1 N–H and O–H groups in total. The van der Waals surface area contributed by atoms with Crippen LogP contribution in [0.1, 0.15) is 15.9 Å². The smallest absolute Gasteiger partial charge is 0.260 e. The van der Waals surface area contributed by atoms with Crippen LogP contribution in [0.15, 0.2) is 66.7 Å². The monoisotopic (exact) mass is 355 g/mol. The summed E-state index contributed by atoms with van der Waals surface area (Å²) in [5.74, 6) is 0.0994. The lowest BCUT2D eigenvalue weighted by Crippen LogP contribution is -2.14. The first-order valence-corrected chi connectivity index (χ1v) is 8.01. The molecule has 0 aliphatic rings. The quantitative estimate of drug-likeness (QED) is 0.639. The van der Waals surface area contributed by atoms with Gasteiger partial charge in [0.15, 0.2) is 0 Å². The number of anilines is 1. The molecular weight excluding hydrogens is 341 g/mol. The van der Waals surface area contributed by atoms with Gasteiger partial charge in [-0.05, 0) is 61.0 Å². The second-order valence-corrected chi connectivity index (χ2v) is 5.90. The van der Waals surface area contributed by atoms with Gasteiger partial charge in [-0.2, -0.15) is 0 Å². The summed E-state index contributed by atoms with van der Waals surface area (Å²) in [6.07, 6.45) is 0. The normalized spacial score (nSPS) is 10.4. The molecule has 0 aliphatic heterocycles. The predicted molar refractivity (Wildman–Crippen MR) is 97.1 cm³/mol. The van der Waals surface area contributed by atoms with Crippen molar-refractivity contribution in [2.24, 2.45) is 0 Å². The summed E-state index contributed by atoms with van der Waals surface area (Å²) in [6, 6.07) is 18.6. The number of carbonyl (C=O) groups excluding carboxylic acids is 1. The summed E-state index contributed by atoms with van der Waals surface area (Å²) >= 11 is 5.90. The Balaban J connectivity index is 1.71. The molecule has 0 fully saturated rings. The molecular formula is C20H15ClFNO2. The number of amides is 1. The molecule has 126 valence electrons. The number of benzene rings is 3. The standard InChI is InChI=1S/C20H15ClFNO2/c1-13-4-2-5-16(12-13)25-15-10-8-14(9-11-15)23-20(24)19-17(21)6-3-7-18(19)22/h2-12H,1H3,(H,23,24). The van der Waals surface area contributed by atoms with Gasteiger partial charge in [0.2, 0.25) is 0 Å². The molecule has 3 aromatic rings. The van der Waals surface area contributed by atoms with Gasteiger partial charge in [-0.1, -0.05) is 29.8 Å². The summed E-state index contributed by atoms with van der Waals surface area (Å²) in [6.45, 7) is 1.99. The summed E-state index contributed by atoms with van der Waals surface area (Å²) in [5.41, 5.74) is 1.44. The average molecular weight is 356 g/mol. The summed E-state index contributed by atoms with van der Waals surface area (Å²) in [7, 11) is 0. The molecule has 1 amide bonds. The van der Waals surface area contributed by atoms with Crippen LogP contribution in [0.5, 0.6) is 11.5 Å². The van der Waals surface area contributed by atoms with Crippen molar-refractivity contribution in [1.29, 1.82) is 0 Å². The lowest BCUT2D eigenvalue weighted by Gasteiger charge is -2.09. The highest BCUT2D eigenvalue weighted by atomic mass is 35.5. The minimum atomic E-state index is -0.663. The van der Waals surface area contributed by atoms with Crippen molar-refractivity contribution in [2.45, 2.75) is 6.92 Å². The Bertz CT molecular complexity index is 890. The van der Waals surface area contributed by atoms with Gasteiger partial charge in [0.05, 0.1) is 10.6 Å². The van der Waals surface area contributed by atoms with E-state index in [2.05, 4.69) is 5.32 Å². The molecule has 0 spiro atoms. The molecule has 0 saturated carbocycles. The van der Waals surface area contributed by atoms with Crippen molar-refractivity contribution in [3.05, 3.63) is 88.7 Å². The van der Waals surface area contributed by atoms with E-state index >= 15 is 0 Å². The van der Waals surface area contributed by atoms with E-state index in [1.807, 2.05) is 31.2 Å². The van der Waals surface area contributed by atoms with E-state index in [0.29, 0.717) is 11.4 Å². The maximum Gasteiger partial charge on any atom is 0.260 e. The van der Waals surface area contributed by atoms with Crippen LogP contribution < -0.4 is 10.1 Å². The van der Waals surface area contributed by atoms with Crippen molar-refractivity contribution >= 4 is 23.2 Å². The van der Waals surface area contributed by atoms with Crippen LogP contribution in [0.2, 0.25) is 5.02 Å². The highest BCUT2D eigenvalue weighted by molar-refractivity contribution is 6.34. The Kier molecular flexibility index (Phi) is 5.00. The molecule has 0 radical (unpaired) electrons. The predicted octanol–water partition coefficient (Wildman–Crippen LogP) is 5.83. The molecule has 3 aromatic carbocycles. The maximum absolute atomic E-state index is 13.8. The van der Waals surface area contributed by atoms with Gasteiger partial charge in [0.25, 0.3) is 5.91 Å². The second kappa shape index (κ2) is 7.36. The van der Waals surface area contributed by atoms with E-state index < -0.39 is 11.7 Å². The lowest BCUT2D eigenvalue weighted by molar-refractivity contribution is 0.102. The Morgan fingerprint density at radius 3 is 2.40 bits per heavy atom. The summed E-state index contributed by atoms with van der Waals surface area (Å²) in [5, 5.41) is 2.69. The molecule has 0 bridgehead atoms. The fourth-order valence-corrected chi connectivity index (χ4v) is 2.58. The maximum atomic E-state index is 13.8. The van der Waals surface area contributed by atoms with Crippen LogP contribution in [0.4, 0.5) is 10.1 Å². The van der Waals surface area contributed by atoms with Crippen molar-refractivity contribution in [1.82, 2.24) is 0 Å². The van der Waals surface area contributed by atoms with Crippen LogP contribution in [0.25, 0.3) is 0 Å². The van der Waals surface area contributed by atoms with Gasteiger partial charge in [-0.15, -0.1) is 0 Å². The molecule has 5 heteroatoms. The second-order valence-electron chi connectivity index (χ2n) is 5.49. The summed E-state index contributed by atoms with van der Waals surface area (Å²) in [4.78, 5) is 12.2. The van der Waals surface area contributed by atoms with E-state index in [-0.39, 0.29) is 10.6 Å². The Labute approximate surface area is 150 Å². The first-order valence-electron chi connectivity index (χ1n) is 7.63. The zero-order valence-corrected chi connectivity index (χ0v) is 14.2. The molecule has 25 heavy (non-hydrogen) atoms. The molecule has 0 aliphatic carbocycles. The molecule has 0 aromatic heterocycles. The third kappa shape index (κ3) is 4.17. The number of nitrogens with one attached hydrogen (secondary N) is 1. The number of ether oxygens (including phenoxy) is 1. The van der Waals surface area contributed by atoms with E-state index in [9.17, 15) is 9.18 Å². The molecule has 0 unspecified atom stereocenters. The van der Waals surface area contributed by atoms with Crippen LogP contribution in [0.3, 0.4) is 0 Å². The highest BCUT2D eigenvalue weighted by Crippen LogP contribution is 2.25. The van der Waals surface area contributed by atoms with Gasteiger partial charge in [0, 0.05) is 5.69 Å². The number of hydrogen-bond donors (Lipinski definition) is 1. The third-order valence-electron chi connectivity index (χ3n) is 3.53. The number of hydrogen-bond acceptors (Lipinski definition) is 2. The van der Waals surface area contributed by atoms with E-state index in [1.165, 1.54) is 18.2 Å². The zero-order chi connectivity index (χ0) is 17.8. The Hall–Kier alpha value is -2.85. The van der Waals surface area contributed by atoms with Gasteiger partial charge >= 0.3 is 0 Å². The van der Waals surface area contributed by atoms with E-state index in [4.69, 9.17) is 16.3 Å². The molecule has 3 nitrogen and oxygen atoms in total.